The van der Waals surface area contributed by atoms with Crippen molar-refractivity contribution in [3.05, 3.63) is 59.1 Å². The number of benzene rings is 1. The average Bonchev–Trinajstić information content (AvgIpc) is 3.21. The maximum absolute atomic E-state index is 12.2. The van der Waals surface area contributed by atoms with E-state index in [0.717, 1.165) is 5.56 Å². The molecule has 0 aliphatic rings. The lowest BCUT2D eigenvalue weighted by Gasteiger charge is -2.09. The molecule has 10 heteroatoms. The molecule has 0 aliphatic carbocycles. The van der Waals surface area contributed by atoms with Gasteiger partial charge in [-0.3, -0.25) is 14.2 Å². The van der Waals surface area contributed by atoms with Gasteiger partial charge in [0.05, 0.1) is 5.75 Å². The third-order valence-electron chi connectivity index (χ3n) is 3.94. The maximum Gasteiger partial charge on any atom is 0.271 e. The standard InChI is InChI=1S/C19H19ClN6O2S/c1-3-21-19(28)15-9-26(11-22-15)16-7-8-18(25-24-16)29-10-17(27)23-14-6-4-5-13(20)12(14)2/h4-9,11H,3,10H2,1-2H3,(H,21,28)(H,23,27). The number of carbonyl (C=O) groups is 2. The highest BCUT2D eigenvalue weighted by molar-refractivity contribution is 7.99. The molecule has 150 valence electrons. The summed E-state index contributed by atoms with van der Waals surface area (Å²) >= 11 is 7.34. The van der Waals surface area contributed by atoms with E-state index in [4.69, 9.17) is 11.6 Å². The number of amides is 2. The van der Waals surface area contributed by atoms with Gasteiger partial charge < -0.3 is 10.6 Å². The van der Waals surface area contributed by atoms with Gasteiger partial charge in [-0.1, -0.05) is 29.4 Å². The van der Waals surface area contributed by atoms with Crippen molar-refractivity contribution in [1.82, 2.24) is 25.1 Å². The number of hydrogen-bond acceptors (Lipinski definition) is 6. The van der Waals surface area contributed by atoms with Gasteiger partial charge in [0.15, 0.2) is 5.82 Å². The summed E-state index contributed by atoms with van der Waals surface area (Å²) in [6.45, 7) is 4.22. The smallest absolute Gasteiger partial charge is 0.271 e. The Morgan fingerprint density at radius 2 is 2.03 bits per heavy atom. The van der Waals surface area contributed by atoms with Crippen LogP contribution in [0.5, 0.6) is 0 Å². The van der Waals surface area contributed by atoms with Crippen molar-refractivity contribution in [3.63, 3.8) is 0 Å². The molecule has 0 radical (unpaired) electrons. The minimum Gasteiger partial charge on any atom is -0.351 e. The van der Waals surface area contributed by atoms with Gasteiger partial charge in [0.2, 0.25) is 5.91 Å². The second-order valence-electron chi connectivity index (χ2n) is 6.00. The van der Waals surface area contributed by atoms with Gasteiger partial charge in [-0.25, -0.2) is 4.98 Å². The van der Waals surface area contributed by atoms with E-state index in [0.29, 0.717) is 33.8 Å². The zero-order valence-corrected chi connectivity index (χ0v) is 17.4. The van der Waals surface area contributed by atoms with Crippen LogP contribution in [-0.4, -0.2) is 43.9 Å². The average molecular weight is 431 g/mol. The Labute approximate surface area is 177 Å². The topological polar surface area (TPSA) is 102 Å². The Kier molecular flexibility index (Phi) is 6.84. The van der Waals surface area contributed by atoms with E-state index < -0.39 is 0 Å². The number of halogens is 1. The lowest BCUT2D eigenvalue weighted by Crippen LogP contribution is -2.22. The molecule has 2 heterocycles. The van der Waals surface area contributed by atoms with Crippen molar-refractivity contribution < 1.29 is 9.59 Å². The summed E-state index contributed by atoms with van der Waals surface area (Å²) < 4.78 is 1.61. The zero-order chi connectivity index (χ0) is 20.8. The van der Waals surface area contributed by atoms with E-state index in [1.807, 2.05) is 13.8 Å². The number of imidazole rings is 1. The summed E-state index contributed by atoms with van der Waals surface area (Å²) in [6.07, 6.45) is 3.09. The van der Waals surface area contributed by atoms with E-state index in [1.165, 1.54) is 18.1 Å². The molecule has 0 spiro atoms. The molecule has 2 N–H and O–H groups in total. The third kappa shape index (κ3) is 5.33. The van der Waals surface area contributed by atoms with Crippen LogP contribution < -0.4 is 10.6 Å². The Hall–Kier alpha value is -2.91. The number of aromatic nitrogens is 4. The summed E-state index contributed by atoms with van der Waals surface area (Å²) in [5, 5.41) is 15.0. The monoisotopic (exact) mass is 430 g/mol. The van der Waals surface area contributed by atoms with E-state index in [-0.39, 0.29) is 17.6 Å². The summed E-state index contributed by atoms with van der Waals surface area (Å²) in [6, 6.07) is 8.88. The molecule has 2 amide bonds. The van der Waals surface area contributed by atoms with Gasteiger partial charge in [-0.05, 0) is 43.7 Å². The van der Waals surface area contributed by atoms with Crippen LogP contribution in [0.3, 0.4) is 0 Å². The number of hydrogen-bond donors (Lipinski definition) is 2. The van der Waals surface area contributed by atoms with Crippen LogP contribution >= 0.6 is 23.4 Å². The Morgan fingerprint density at radius 3 is 2.76 bits per heavy atom. The zero-order valence-electron chi connectivity index (χ0n) is 15.8. The van der Waals surface area contributed by atoms with Crippen molar-refractivity contribution in [1.29, 1.82) is 0 Å². The third-order valence-corrected chi connectivity index (χ3v) is 5.27. The van der Waals surface area contributed by atoms with Gasteiger partial charge >= 0.3 is 0 Å². The summed E-state index contributed by atoms with van der Waals surface area (Å²) in [4.78, 5) is 28.0. The molecule has 0 saturated carbocycles. The highest BCUT2D eigenvalue weighted by Crippen LogP contribution is 2.23. The number of nitrogens with one attached hydrogen (secondary N) is 2. The quantitative estimate of drug-likeness (QED) is 0.558. The van der Waals surface area contributed by atoms with Crippen molar-refractivity contribution in [2.75, 3.05) is 17.6 Å². The fraction of sp³-hybridized carbons (Fsp3) is 0.211. The molecule has 8 nitrogen and oxygen atoms in total. The lowest BCUT2D eigenvalue weighted by atomic mass is 10.2. The minimum atomic E-state index is -0.243. The number of thioether (sulfide) groups is 1. The van der Waals surface area contributed by atoms with Gasteiger partial charge in [-0.2, -0.15) is 0 Å². The molecular weight excluding hydrogens is 412 g/mol. The first kappa shape index (κ1) is 20.8. The van der Waals surface area contributed by atoms with Gasteiger partial charge in [0, 0.05) is 23.5 Å². The van der Waals surface area contributed by atoms with Crippen LogP contribution in [0.1, 0.15) is 23.0 Å². The second kappa shape index (κ2) is 9.53. The van der Waals surface area contributed by atoms with Crippen molar-refractivity contribution >= 4 is 40.9 Å². The van der Waals surface area contributed by atoms with Crippen molar-refractivity contribution in [3.8, 4) is 5.82 Å². The predicted molar refractivity (Wildman–Crippen MR) is 113 cm³/mol. The second-order valence-corrected chi connectivity index (χ2v) is 7.41. The fourth-order valence-corrected chi connectivity index (χ4v) is 3.20. The molecule has 0 bridgehead atoms. The molecule has 0 aliphatic heterocycles. The first-order valence-corrected chi connectivity index (χ1v) is 10.2. The molecule has 0 atom stereocenters. The normalized spacial score (nSPS) is 10.6. The molecule has 3 aromatic rings. The molecule has 0 fully saturated rings. The van der Waals surface area contributed by atoms with E-state index in [2.05, 4.69) is 25.8 Å². The molecule has 29 heavy (non-hydrogen) atoms. The van der Waals surface area contributed by atoms with E-state index >= 15 is 0 Å². The molecular formula is C19H19ClN6O2S. The molecule has 0 saturated heterocycles. The van der Waals surface area contributed by atoms with Gasteiger partial charge in [-0.15, -0.1) is 10.2 Å². The number of rotatable bonds is 7. The number of anilines is 1. The fourth-order valence-electron chi connectivity index (χ4n) is 2.41. The SMILES string of the molecule is CCNC(=O)c1cn(-c2ccc(SCC(=O)Nc3cccc(Cl)c3C)nn2)cn1. The lowest BCUT2D eigenvalue weighted by molar-refractivity contribution is -0.113. The number of carbonyl (C=O) groups excluding carboxylic acids is 2. The Bertz CT molecular complexity index is 1020. The first-order chi connectivity index (χ1) is 14.0. The summed E-state index contributed by atoms with van der Waals surface area (Å²) in [7, 11) is 0. The highest BCUT2D eigenvalue weighted by atomic mass is 35.5. The van der Waals surface area contributed by atoms with Crippen LogP contribution in [0, 0.1) is 6.92 Å². The van der Waals surface area contributed by atoms with Gasteiger partial charge in [0.1, 0.15) is 17.0 Å². The van der Waals surface area contributed by atoms with Crippen LogP contribution in [-0.2, 0) is 4.79 Å². The summed E-state index contributed by atoms with van der Waals surface area (Å²) in [5.41, 5.74) is 1.82. The van der Waals surface area contributed by atoms with Crippen LogP contribution in [0.15, 0.2) is 47.9 Å². The van der Waals surface area contributed by atoms with Crippen LogP contribution in [0.25, 0.3) is 5.82 Å². The molecule has 2 aromatic heterocycles. The Morgan fingerprint density at radius 1 is 1.21 bits per heavy atom. The largest absolute Gasteiger partial charge is 0.351 e. The van der Waals surface area contributed by atoms with E-state index in [9.17, 15) is 9.59 Å². The summed E-state index contributed by atoms with van der Waals surface area (Å²) in [5.74, 6) is 0.308. The molecule has 1 aromatic carbocycles. The first-order valence-electron chi connectivity index (χ1n) is 8.82. The Balaban J connectivity index is 1.57. The minimum absolute atomic E-state index is 0.160. The van der Waals surface area contributed by atoms with Crippen LogP contribution in [0.2, 0.25) is 5.02 Å². The molecule has 0 unspecified atom stereocenters. The number of nitrogens with zero attached hydrogens (tertiary/aromatic N) is 4. The van der Waals surface area contributed by atoms with Crippen molar-refractivity contribution in [2.45, 2.75) is 18.9 Å². The van der Waals surface area contributed by atoms with E-state index in [1.54, 1.807) is 41.1 Å². The van der Waals surface area contributed by atoms with Crippen molar-refractivity contribution in [2.24, 2.45) is 0 Å². The maximum atomic E-state index is 12.2. The molecule has 3 rings (SSSR count). The van der Waals surface area contributed by atoms with Crippen LogP contribution in [0.4, 0.5) is 5.69 Å². The van der Waals surface area contributed by atoms with Gasteiger partial charge in [0.25, 0.3) is 5.91 Å². The predicted octanol–water partition coefficient (Wildman–Crippen LogP) is 3.10. The highest BCUT2D eigenvalue weighted by Gasteiger charge is 2.11.